The lowest BCUT2D eigenvalue weighted by atomic mass is 10.2. The summed E-state index contributed by atoms with van der Waals surface area (Å²) in [5, 5.41) is 9.90. The van der Waals surface area contributed by atoms with E-state index >= 15 is 0 Å². The van der Waals surface area contributed by atoms with E-state index < -0.39 is 35.5 Å². The second kappa shape index (κ2) is 4.46. The monoisotopic (exact) mass is 214 g/mol. The lowest BCUT2D eigenvalue weighted by Gasteiger charge is -2.05. The zero-order chi connectivity index (χ0) is 11.4. The van der Waals surface area contributed by atoms with Gasteiger partial charge in [0.15, 0.2) is 11.6 Å². The Hall–Kier alpha value is -2.03. The molecule has 3 nitrogen and oxygen atoms in total. The molecule has 0 saturated heterocycles. The Kier molecular flexibility index (Phi) is 3.29. The first kappa shape index (κ1) is 11.0. The van der Waals surface area contributed by atoms with Crippen molar-refractivity contribution in [1.82, 2.24) is 0 Å². The molecule has 0 aliphatic carbocycles. The van der Waals surface area contributed by atoms with Gasteiger partial charge < -0.3 is 5.32 Å². The fourth-order valence-corrected chi connectivity index (χ4v) is 0.897. The van der Waals surface area contributed by atoms with Crippen LogP contribution in [0.1, 0.15) is 6.42 Å². The van der Waals surface area contributed by atoms with Crippen LogP contribution >= 0.6 is 0 Å². The third-order valence-corrected chi connectivity index (χ3v) is 1.55. The highest BCUT2D eigenvalue weighted by Gasteiger charge is 2.15. The minimum absolute atomic E-state index is 0.560. The highest BCUT2D eigenvalue weighted by atomic mass is 19.2. The van der Waals surface area contributed by atoms with E-state index in [1.807, 2.05) is 0 Å². The standard InChI is InChI=1S/C9H5F3N2O/c10-5-1-2-6(11)9(8(5)12)14-7(15)3-4-13/h1-2H,3H2,(H,14,15). The average molecular weight is 214 g/mol. The molecule has 0 fully saturated rings. The molecule has 0 heterocycles. The van der Waals surface area contributed by atoms with Crippen molar-refractivity contribution in [1.29, 1.82) is 5.26 Å². The van der Waals surface area contributed by atoms with E-state index in [0.717, 1.165) is 0 Å². The normalized spacial score (nSPS) is 9.47. The molecule has 1 N–H and O–H groups in total. The van der Waals surface area contributed by atoms with Gasteiger partial charge in [-0.1, -0.05) is 0 Å². The minimum atomic E-state index is -1.48. The molecule has 0 atom stereocenters. The first-order valence-electron chi connectivity index (χ1n) is 3.86. The van der Waals surface area contributed by atoms with Gasteiger partial charge in [-0.25, -0.2) is 13.2 Å². The van der Waals surface area contributed by atoms with Gasteiger partial charge in [0.25, 0.3) is 0 Å². The van der Waals surface area contributed by atoms with Gasteiger partial charge in [-0.3, -0.25) is 4.79 Å². The highest BCUT2D eigenvalue weighted by Crippen LogP contribution is 2.21. The van der Waals surface area contributed by atoms with Gasteiger partial charge in [-0.05, 0) is 12.1 Å². The Balaban J connectivity index is 3.00. The highest BCUT2D eigenvalue weighted by molar-refractivity contribution is 5.92. The molecule has 0 aliphatic heterocycles. The maximum atomic E-state index is 13.0. The number of amides is 1. The second-order valence-corrected chi connectivity index (χ2v) is 2.60. The molecular formula is C9H5F3N2O. The van der Waals surface area contributed by atoms with Gasteiger partial charge in [0.2, 0.25) is 5.91 Å². The average Bonchev–Trinajstić information content (AvgIpc) is 2.19. The van der Waals surface area contributed by atoms with Crippen molar-refractivity contribution < 1.29 is 18.0 Å². The van der Waals surface area contributed by atoms with E-state index in [2.05, 4.69) is 0 Å². The molecule has 1 aromatic carbocycles. The first-order valence-corrected chi connectivity index (χ1v) is 3.86. The lowest BCUT2D eigenvalue weighted by molar-refractivity contribution is -0.115. The van der Waals surface area contributed by atoms with Gasteiger partial charge >= 0.3 is 0 Å². The van der Waals surface area contributed by atoms with E-state index in [-0.39, 0.29) is 0 Å². The Bertz CT molecular complexity index is 440. The molecule has 1 aromatic rings. The fraction of sp³-hybridized carbons (Fsp3) is 0.111. The summed E-state index contributed by atoms with van der Waals surface area (Å²) in [7, 11) is 0. The van der Waals surface area contributed by atoms with Crippen molar-refractivity contribution in [2.24, 2.45) is 0 Å². The number of carbonyl (C=O) groups is 1. The predicted octanol–water partition coefficient (Wildman–Crippen LogP) is 1.96. The summed E-state index contributed by atoms with van der Waals surface area (Å²) >= 11 is 0. The summed E-state index contributed by atoms with van der Waals surface area (Å²) in [6, 6.07) is 2.77. The SMILES string of the molecule is N#CCC(=O)Nc1c(F)ccc(F)c1F. The van der Waals surface area contributed by atoms with Crippen LogP contribution < -0.4 is 5.32 Å². The van der Waals surface area contributed by atoms with Crippen molar-refractivity contribution in [3.63, 3.8) is 0 Å². The van der Waals surface area contributed by atoms with Gasteiger partial charge in [0.05, 0.1) is 6.07 Å². The fourth-order valence-electron chi connectivity index (χ4n) is 0.897. The molecule has 15 heavy (non-hydrogen) atoms. The Labute approximate surface area is 83.1 Å². The van der Waals surface area contributed by atoms with Crippen molar-refractivity contribution >= 4 is 11.6 Å². The predicted molar refractivity (Wildman–Crippen MR) is 45.2 cm³/mol. The van der Waals surface area contributed by atoms with Crippen LogP contribution in [-0.2, 0) is 4.79 Å². The van der Waals surface area contributed by atoms with E-state index in [0.29, 0.717) is 12.1 Å². The molecule has 0 spiro atoms. The molecule has 78 valence electrons. The third-order valence-electron chi connectivity index (χ3n) is 1.55. The lowest BCUT2D eigenvalue weighted by Crippen LogP contribution is -2.13. The van der Waals surface area contributed by atoms with Crippen LogP contribution in [0.2, 0.25) is 0 Å². The number of nitriles is 1. The maximum Gasteiger partial charge on any atom is 0.238 e. The number of hydrogen-bond acceptors (Lipinski definition) is 2. The van der Waals surface area contributed by atoms with Gasteiger partial charge in [0.1, 0.15) is 17.9 Å². The summed E-state index contributed by atoms with van der Waals surface area (Å²) in [5.74, 6) is -4.76. The number of rotatable bonds is 2. The van der Waals surface area contributed by atoms with Crippen LogP contribution in [0, 0.1) is 28.8 Å². The van der Waals surface area contributed by atoms with E-state index in [4.69, 9.17) is 5.26 Å². The molecule has 0 aromatic heterocycles. The number of carbonyl (C=O) groups excluding carboxylic acids is 1. The van der Waals surface area contributed by atoms with E-state index in [1.165, 1.54) is 6.07 Å². The molecule has 6 heteroatoms. The molecule has 0 radical (unpaired) electrons. The van der Waals surface area contributed by atoms with Crippen LogP contribution in [0.4, 0.5) is 18.9 Å². The number of anilines is 1. The number of nitrogens with zero attached hydrogens (tertiary/aromatic N) is 1. The molecule has 1 amide bonds. The van der Waals surface area contributed by atoms with Crippen LogP contribution in [0.5, 0.6) is 0 Å². The molecule has 0 unspecified atom stereocenters. The van der Waals surface area contributed by atoms with Gasteiger partial charge in [-0.15, -0.1) is 0 Å². The minimum Gasteiger partial charge on any atom is -0.320 e. The summed E-state index contributed by atoms with van der Waals surface area (Å²) in [6.07, 6.45) is -0.560. The number of benzene rings is 1. The molecule has 0 aliphatic rings. The Morgan fingerprint density at radius 2 is 1.93 bits per heavy atom. The number of halogens is 3. The van der Waals surface area contributed by atoms with Crippen molar-refractivity contribution in [2.75, 3.05) is 5.32 Å². The zero-order valence-corrected chi connectivity index (χ0v) is 7.35. The quantitative estimate of drug-likeness (QED) is 0.765. The van der Waals surface area contributed by atoms with Crippen LogP contribution in [0.15, 0.2) is 12.1 Å². The maximum absolute atomic E-state index is 13.0. The number of hydrogen-bond donors (Lipinski definition) is 1. The van der Waals surface area contributed by atoms with Crippen molar-refractivity contribution in [2.45, 2.75) is 6.42 Å². The van der Waals surface area contributed by atoms with E-state index in [9.17, 15) is 18.0 Å². The summed E-state index contributed by atoms with van der Waals surface area (Å²) < 4.78 is 38.5. The summed E-state index contributed by atoms with van der Waals surface area (Å²) in [5.41, 5.74) is -0.879. The third kappa shape index (κ3) is 2.47. The second-order valence-electron chi connectivity index (χ2n) is 2.60. The zero-order valence-electron chi connectivity index (χ0n) is 7.35. The Morgan fingerprint density at radius 3 is 2.53 bits per heavy atom. The topological polar surface area (TPSA) is 52.9 Å². The Morgan fingerprint density at radius 1 is 1.33 bits per heavy atom. The van der Waals surface area contributed by atoms with Gasteiger partial charge in [-0.2, -0.15) is 5.26 Å². The summed E-state index contributed by atoms with van der Waals surface area (Å²) in [6.45, 7) is 0. The van der Waals surface area contributed by atoms with E-state index in [1.54, 1.807) is 5.32 Å². The largest absolute Gasteiger partial charge is 0.320 e. The van der Waals surface area contributed by atoms with Crippen molar-refractivity contribution in [3.8, 4) is 6.07 Å². The molecule has 0 bridgehead atoms. The first-order chi connectivity index (χ1) is 7.06. The van der Waals surface area contributed by atoms with Gasteiger partial charge in [0, 0.05) is 0 Å². The smallest absolute Gasteiger partial charge is 0.238 e. The van der Waals surface area contributed by atoms with Crippen molar-refractivity contribution in [3.05, 3.63) is 29.6 Å². The number of nitrogens with one attached hydrogen (secondary N) is 1. The molecule has 1 rings (SSSR count). The van der Waals surface area contributed by atoms with Crippen LogP contribution in [0.3, 0.4) is 0 Å². The summed E-state index contributed by atoms with van der Waals surface area (Å²) in [4.78, 5) is 10.8. The molecular weight excluding hydrogens is 209 g/mol. The molecule has 0 saturated carbocycles. The van der Waals surface area contributed by atoms with Crippen LogP contribution in [0.25, 0.3) is 0 Å². The van der Waals surface area contributed by atoms with Crippen LogP contribution in [-0.4, -0.2) is 5.91 Å².